The van der Waals surface area contributed by atoms with Gasteiger partial charge in [0, 0.05) is 88.3 Å². The minimum atomic E-state index is -2.57. The van der Waals surface area contributed by atoms with Gasteiger partial charge >= 0.3 is 6.09 Å². The maximum absolute atomic E-state index is 13.5. The summed E-state index contributed by atoms with van der Waals surface area (Å²) in [5.41, 5.74) is 3.40. The normalized spacial score (nSPS) is 20.0. The standard InChI is InChI=1S/C30H41F2N5O2/c1-22-20-35(17-18-37(22)28(38)39-29(3,4)5)21-24-7-10-26(11-8-24)34(6)23(2)25-9-12-27(33-19-25)36-15-13-30(31,32)14-16-36/h7-12,19,22H,2,13-18,20-21H2,1,3-6H3/t22-/m0/s1. The molecule has 0 N–H and O–H groups in total. The molecule has 2 aromatic rings. The molecule has 3 heterocycles. The zero-order chi connectivity index (χ0) is 28.4. The van der Waals surface area contributed by atoms with Crippen LogP contribution in [0.4, 0.5) is 25.1 Å². The van der Waals surface area contributed by atoms with Crippen molar-refractivity contribution in [2.45, 2.75) is 64.6 Å². The van der Waals surface area contributed by atoms with Crippen LogP contribution in [0.5, 0.6) is 0 Å². The average molecular weight is 542 g/mol. The number of piperidine rings is 1. The highest BCUT2D eigenvalue weighted by Crippen LogP contribution is 2.30. The van der Waals surface area contributed by atoms with Gasteiger partial charge in [-0.2, -0.15) is 0 Å². The summed E-state index contributed by atoms with van der Waals surface area (Å²) in [6, 6.07) is 12.3. The van der Waals surface area contributed by atoms with Gasteiger partial charge in [-0.05, 0) is 57.5 Å². The quantitative estimate of drug-likeness (QED) is 0.456. The van der Waals surface area contributed by atoms with Crippen molar-refractivity contribution in [3.8, 4) is 0 Å². The first-order chi connectivity index (χ1) is 18.3. The van der Waals surface area contributed by atoms with E-state index in [1.54, 1.807) is 6.20 Å². The van der Waals surface area contributed by atoms with Crippen LogP contribution in [-0.4, -0.2) is 78.2 Å². The van der Waals surface area contributed by atoms with E-state index in [4.69, 9.17) is 4.74 Å². The minimum absolute atomic E-state index is 0.0817. The van der Waals surface area contributed by atoms with Gasteiger partial charge in [-0.3, -0.25) is 4.90 Å². The molecule has 2 aliphatic rings. The number of hydrogen-bond donors (Lipinski definition) is 0. The minimum Gasteiger partial charge on any atom is -0.444 e. The van der Waals surface area contributed by atoms with Gasteiger partial charge in [0.1, 0.15) is 11.4 Å². The Morgan fingerprint density at radius 3 is 2.33 bits per heavy atom. The van der Waals surface area contributed by atoms with E-state index in [9.17, 15) is 13.6 Å². The smallest absolute Gasteiger partial charge is 0.410 e. The van der Waals surface area contributed by atoms with Crippen LogP contribution in [0.25, 0.3) is 5.70 Å². The Kier molecular flexibility index (Phi) is 8.49. The fourth-order valence-corrected chi connectivity index (χ4v) is 5.01. The Labute approximate surface area is 231 Å². The highest BCUT2D eigenvalue weighted by molar-refractivity contribution is 5.77. The molecular formula is C30H41F2N5O2. The van der Waals surface area contributed by atoms with Crippen molar-refractivity contribution in [1.29, 1.82) is 0 Å². The van der Waals surface area contributed by atoms with Crippen molar-refractivity contribution in [3.05, 3.63) is 60.3 Å². The number of pyridine rings is 1. The molecule has 2 fully saturated rings. The number of carbonyl (C=O) groups is 1. The number of carbonyl (C=O) groups excluding carboxylic acids is 1. The molecule has 0 aliphatic carbocycles. The average Bonchev–Trinajstić information content (AvgIpc) is 2.87. The molecule has 0 spiro atoms. The maximum Gasteiger partial charge on any atom is 0.410 e. The Morgan fingerprint density at radius 2 is 1.77 bits per heavy atom. The van der Waals surface area contributed by atoms with Gasteiger partial charge < -0.3 is 19.4 Å². The van der Waals surface area contributed by atoms with Crippen LogP contribution < -0.4 is 9.80 Å². The molecule has 39 heavy (non-hydrogen) atoms. The first kappa shape index (κ1) is 28.8. The SMILES string of the molecule is C=C(c1ccc(N2CCC(F)(F)CC2)nc1)N(C)c1ccc(CN2CCN(C(=O)OC(C)(C)C)[C@@H](C)C2)cc1. The molecule has 9 heteroatoms. The molecule has 0 bridgehead atoms. The van der Waals surface area contributed by atoms with Crippen LogP contribution in [0.15, 0.2) is 49.2 Å². The number of ether oxygens (including phenoxy) is 1. The van der Waals surface area contributed by atoms with E-state index in [1.165, 1.54) is 5.56 Å². The van der Waals surface area contributed by atoms with Crippen LogP contribution in [0, 0.1) is 0 Å². The highest BCUT2D eigenvalue weighted by Gasteiger charge is 2.34. The van der Waals surface area contributed by atoms with Crippen LogP contribution in [0.2, 0.25) is 0 Å². The lowest BCUT2D eigenvalue weighted by atomic mass is 10.1. The van der Waals surface area contributed by atoms with Gasteiger partial charge in [-0.1, -0.05) is 18.7 Å². The molecular weight excluding hydrogens is 500 g/mol. The molecule has 0 unspecified atom stereocenters. The van der Waals surface area contributed by atoms with Crippen molar-refractivity contribution in [2.24, 2.45) is 0 Å². The molecule has 1 aromatic carbocycles. The first-order valence-electron chi connectivity index (χ1n) is 13.6. The molecule has 1 amide bonds. The van der Waals surface area contributed by atoms with E-state index in [0.29, 0.717) is 19.6 Å². The fraction of sp³-hybridized carbons (Fsp3) is 0.533. The van der Waals surface area contributed by atoms with Crippen molar-refractivity contribution < 1.29 is 18.3 Å². The molecule has 1 aromatic heterocycles. The van der Waals surface area contributed by atoms with Crippen molar-refractivity contribution in [1.82, 2.24) is 14.8 Å². The van der Waals surface area contributed by atoms with E-state index in [2.05, 4.69) is 47.7 Å². The molecule has 212 valence electrons. The van der Waals surface area contributed by atoms with Crippen molar-refractivity contribution in [2.75, 3.05) is 49.6 Å². The molecule has 0 radical (unpaired) electrons. The first-order valence-corrected chi connectivity index (χ1v) is 13.6. The van der Waals surface area contributed by atoms with Crippen molar-refractivity contribution in [3.63, 3.8) is 0 Å². The largest absolute Gasteiger partial charge is 0.444 e. The number of anilines is 2. The van der Waals surface area contributed by atoms with E-state index in [1.807, 2.05) is 54.7 Å². The van der Waals surface area contributed by atoms with Gasteiger partial charge in [0.15, 0.2) is 0 Å². The Hall–Kier alpha value is -3.20. The maximum atomic E-state index is 13.5. The summed E-state index contributed by atoms with van der Waals surface area (Å²) < 4.78 is 32.5. The van der Waals surface area contributed by atoms with Gasteiger partial charge in [-0.25, -0.2) is 18.6 Å². The van der Waals surface area contributed by atoms with Crippen molar-refractivity contribution >= 4 is 23.3 Å². The van der Waals surface area contributed by atoms with Crippen LogP contribution in [0.1, 0.15) is 51.7 Å². The third kappa shape index (κ3) is 7.47. The molecule has 0 saturated carbocycles. The lowest BCUT2D eigenvalue weighted by Gasteiger charge is -2.40. The third-order valence-electron chi connectivity index (χ3n) is 7.37. The van der Waals surface area contributed by atoms with E-state index in [0.717, 1.165) is 42.4 Å². The van der Waals surface area contributed by atoms with E-state index < -0.39 is 11.5 Å². The van der Waals surface area contributed by atoms with Crippen LogP contribution >= 0.6 is 0 Å². The fourth-order valence-electron chi connectivity index (χ4n) is 5.01. The second kappa shape index (κ2) is 11.5. The number of nitrogens with zero attached hydrogens (tertiary/aromatic N) is 5. The molecule has 2 aliphatic heterocycles. The Morgan fingerprint density at radius 1 is 1.10 bits per heavy atom. The number of rotatable bonds is 6. The van der Waals surface area contributed by atoms with Crippen LogP contribution in [-0.2, 0) is 11.3 Å². The zero-order valence-corrected chi connectivity index (χ0v) is 23.8. The summed E-state index contributed by atoms with van der Waals surface area (Å²) in [6.07, 6.45) is 1.24. The predicted molar refractivity (Wildman–Crippen MR) is 152 cm³/mol. The molecule has 1 atom stereocenters. The number of hydrogen-bond acceptors (Lipinski definition) is 6. The summed E-state index contributed by atoms with van der Waals surface area (Å²) in [5.74, 6) is -1.85. The molecule has 2 saturated heterocycles. The number of piperazine rings is 1. The number of benzene rings is 1. The summed E-state index contributed by atoms with van der Waals surface area (Å²) in [4.78, 5) is 25.1. The topological polar surface area (TPSA) is 52.2 Å². The summed E-state index contributed by atoms with van der Waals surface area (Å²) in [5, 5.41) is 0. The van der Waals surface area contributed by atoms with Gasteiger partial charge in [0.05, 0.1) is 0 Å². The zero-order valence-electron chi connectivity index (χ0n) is 23.8. The third-order valence-corrected chi connectivity index (χ3v) is 7.37. The van der Waals surface area contributed by atoms with Gasteiger partial charge in [0.25, 0.3) is 5.92 Å². The lowest BCUT2D eigenvalue weighted by molar-refractivity contribution is -0.0221. The second-order valence-electron chi connectivity index (χ2n) is 11.7. The van der Waals surface area contributed by atoms with Crippen LogP contribution in [0.3, 0.4) is 0 Å². The summed E-state index contributed by atoms with van der Waals surface area (Å²) in [6.45, 7) is 15.6. The summed E-state index contributed by atoms with van der Waals surface area (Å²) in [7, 11) is 1.97. The summed E-state index contributed by atoms with van der Waals surface area (Å²) >= 11 is 0. The number of aromatic nitrogens is 1. The monoisotopic (exact) mass is 541 g/mol. The Bertz CT molecular complexity index is 1140. The highest BCUT2D eigenvalue weighted by atomic mass is 19.3. The number of halogens is 2. The number of amides is 1. The molecule has 7 nitrogen and oxygen atoms in total. The Balaban J connectivity index is 1.30. The van der Waals surface area contributed by atoms with Gasteiger partial charge in [-0.15, -0.1) is 0 Å². The molecule has 4 rings (SSSR count). The predicted octanol–water partition coefficient (Wildman–Crippen LogP) is 5.87. The lowest BCUT2D eigenvalue weighted by Crippen LogP contribution is -2.54. The van der Waals surface area contributed by atoms with E-state index >= 15 is 0 Å². The second-order valence-corrected chi connectivity index (χ2v) is 11.7. The van der Waals surface area contributed by atoms with E-state index in [-0.39, 0.29) is 25.0 Å². The van der Waals surface area contributed by atoms with Gasteiger partial charge in [0.2, 0.25) is 0 Å². The number of alkyl halides is 2.